The molecule has 0 aliphatic carbocycles. The van der Waals surface area contributed by atoms with E-state index in [1.54, 1.807) is 0 Å². The van der Waals surface area contributed by atoms with Crippen molar-refractivity contribution in [3.8, 4) is 0 Å². The molecule has 1 saturated heterocycles. The van der Waals surface area contributed by atoms with Crippen molar-refractivity contribution in [1.82, 2.24) is 15.6 Å². The smallest absolute Gasteiger partial charge is 0.353 e. The molecule has 2 heterocycles. The molecule has 2 atom stereocenters. The Labute approximate surface area is 229 Å². The second-order valence-corrected chi connectivity index (χ2v) is 9.64. The Bertz CT molecular complexity index is 1300. The number of β-lactam (4-membered cyclic amide) rings is 1. The van der Waals surface area contributed by atoms with E-state index in [-0.39, 0.29) is 29.0 Å². The van der Waals surface area contributed by atoms with E-state index in [4.69, 9.17) is 21.2 Å². The number of nitrogens with one attached hydrogen (secondary N) is 3. The number of oxime groups is 1. The minimum atomic E-state index is -1.71. The molecule has 4 N–H and O–H groups in total. The van der Waals surface area contributed by atoms with Crippen LogP contribution in [0, 0.1) is 10.1 Å². The number of nitrogens with zero attached hydrogens (tertiary/aromatic N) is 3. The number of amides is 3. The fourth-order valence-corrected chi connectivity index (χ4v) is 3.78. The highest BCUT2D eigenvalue weighted by molar-refractivity contribution is 7.14. The molecule has 2 aromatic rings. The molecule has 208 valence electrons. The molecule has 1 aliphatic rings. The van der Waals surface area contributed by atoms with E-state index in [2.05, 4.69) is 26.1 Å². The van der Waals surface area contributed by atoms with Gasteiger partial charge in [0.1, 0.15) is 24.2 Å². The molecule has 0 saturated carbocycles. The fraction of sp³-hybridized carbons (Fsp3) is 0.364. The lowest BCUT2D eigenvalue weighted by molar-refractivity contribution is -0.384. The molecule has 0 bridgehead atoms. The lowest BCUT2D eigenvalue weighted by atomic mass is 9.99. The molecule has 1 aliphatic heterocycles. The number of nitro benzene ring substituents is 1. The summed E-state index contributed by atoms with van der Waals surface area (Å²) < 4.78 is 5.23. The molecule has 3 rings (SSSR count). The van der Waals surface area contributed by atoms with Crippen LogP contribution in [-0.2, 0) is 35.4 Å². The van der Waals surface area contributed by atoms with Gasteiger partial charge in [-0.1, -0.05) is 5.16 Å². The van der Waals surface area contributed by atoms with Crippen molar-refractivity contribution >= 4 is 63.2 Å². The minimum Gasteiger partial charge on any atom is -0.458 e. The number of nitro groups is 1. The number of hydrogen-bond acceptors (Lipinski definition) is 12. The van der Waals surface area contributed by atoms with Gasteiger partial charge in [-0.05, 0) is 31.5 Å². The maximum absolute atomic E-state index is 13.0. The van der Waals surface area contributed by atoms with Gasteiger partial charge in [0.2, 0.25) is 17.4 Å². The zero-order chi connectivity index (χ0) is 28.7. The van der Waals surface area contributed by atoms with Crippen LogP contribution in [-0.4, -0.2) is 74.6 Å². The number of aliphatic hydroxyl groups excluding tert-OH is 1. The monoisotopic (exact) mass is 582 g/mol. The first-order valence-electron chi connectivity index (χ1n) is 11.2. The summed E-state index contributed by atoms with van der Waals surface area (Å²) in [6, 6.07) is 3.64. The van der Waals surface area contributed by atoms with Crippen LogP contribution in [0.1, 0.15) is 25.1 Å². The van der Waals surface area contributed by atoms with Crippen LogP contribution in [0.4, 0.5) is 10.8 Å². The number of ether oxygens (including phenoxy) is 1. The number of rotatable bonds is 12. The molecule has 39 heavy (non-hydrogen) atoms. The van der Waals surface area contributed by atoms with E-state index >= 15 is 0 Å². The van der Waals surface area contributed by atoms with Crippen molar-refractivity contribution in [1.29, 1.82) is 0 Å². The first-order valence-corrected chi connectivity index (χ1v) is 12.6. The molecule has 1 fully saturated rings. The van der Waals surface area contributed by atoms with Gasteiger partial charge in [0, 0.05) is 17.5 Å². The Hall–Kier alpha value is -4.15. The highest BCUT2D eigenvalue weighted by atomic mass is 35.5. The third kappa shape index (κ3) is 7.46. The number of aliphatic hydroxyl groups is 1. The molecule has 0 unspecified atom stereocenters. The third-order valence-electron chi connectivity index (χ3n) is 5.20. The Morgan fingerprint density at radius 1 is 1.31 bits per heavy atom. The molecule has 1 aromatic heterocycles. The van der Waals surface area contributed by atoms with E-state index in [0.29, 0.717) is 5.56 Å². The number of carbonyl (C=O) groups is 4. The number of alkyl halides is 1. The molecule has 0 radical (unpaired) electrons. The number of halogens is 1. The Morgan fingerprint density at radius 2 is 2.00 bits per heavy atom. The number of non-ortho nitro benzene ring substituents is 1. The van der Waals surface area contributed by atoms with Crippen molar-refractivity contribution in [3.63, 3.8) is 0 Å². The summed E-state index contributed by atoms with van der Waals surface area (Å²) in [6.07, 6.45) is 0. The summed E-state index contributed by atoms with van der Waals surface area (Å²) in [4.78, 5) is 68.8. The zero-order valence-electron chi connectivity index (χ0n) is 20.5. The summed E-state index contributed by atoms with van der Waals surface area (Å²) in [7, 11) is 0. The molecular formula is C22H23ClN6O9S. The molecule has 3 amide bonds. The number of aromatic nitrogens is 1. The van der Waals surface area contributed by atoms with Crippen LogP contribution < -0.4 is 16.0 Å². The van der Waals surface area contributed by atoms with Gasteiger partial charge < -0.3 is 30.6 Å². The van der Waals surface area contributed by atoms with E-state index in [0.717, 1.165) is 11.3 Å². The molecular weight excluding hydrogens is 560 g/mol. The van der Waals surface area contributed by atoms with Crippen molar-refractivity contribution in [2.24, 2.45) is 5.16 Å². The summed E-state index contributed by atoms with van der Waals surface area (Å²) >= 11 is 6.44. The SMILES string of the molecule is CC(C)(O/N=C(\C(=O)N[C@H]1C(=O)N[C@H]1CO)c1csc(NC(=O)CCl)n1)C(=O)OCc1ccc([N+](=O)[O-])cc1. The number of anilines is 1. The maximum Gasteiger partial charge on any atom is 0.353 e. The number of carbonyl (C=O) groups excluding carboxylic acids is 4. The lowest BCUT2D eigenvalue weighted by Gasteiger charge is -2.35. The van der Waals surface area contributed by atoms with Crippen molar-refractivity contribution in [3.05, 3.63) is 51.0 Å². The highest BCUT2D eigenvalue weighted by Gasteiger charge is 2.41. The second-order valence-electron chi connectivity index (χ2n) is 8.51. The van der Waals surface area contributed by atoms with Crippen LogP contribution in [0.5, 0.6) is 0 Å². The fourth-order valence-electron chi connectivity index (χ4n) is 3.00. The van der Waals surface area contributed by atoms with Gasteiger partial charge in [-0.3, -0.25) is 24.5 Å². The summed E-state index contributed by atoms with van der Waals surface area (Å²) in [6.45, 7) is 2.03. The second kappa shape index (κ2) is 12.6. The van der Waals surface area contributed by atoms with Crippen LogP contribution in [0.15, 0.2) is 34.8 Å². The van der Waals surface area contributed by atoms with Gasteiger partial charge in [0.25, 0.3) is 11.6 Å². The van der Waals surface area contributed by atoms with Gasteiger partial charge in [-0.15, -0.1) is 22.9 Å². The van der Waals surface area contributed by atoms with Crippen molar-refractivity contribution in [2.45, 2.75) is 38.1 Å². The summed E-state index contributed by atoms with van der Waals surface area (Å²) in [5, 5.41) is 32.7. The molecule has 15 nitrogen and oxygen atoms in total. The largest absolute Gasteiger partial charge is 0.458 e. The standard InChI is InChI=1S/C22H23ClN6O9S/c1-22(2,20(34)37-9-11-3-5-12(6-4-11)29(35)36)38-28-17(14-10-39-21(25-14)26-15(31)7-23)19(33)27-16-13(8-30)24-18(16)32/h3-6,10,13,16,30H,7-9H2,1-2H3,(H,24,32)(H,27,33)(H,25,26,31)/b28-17-/t13-,16+/m0/s1. The van der Waals surface area contributed by atoms with Crippen molar-refractivity contribution < 1.29 is 38.8 Å². The van der Waals surface area contributed by atoms with Gasteiger partial charge in [-0.25, -0.2) is 9.78 Å². The zero-order valence-corrected chi connectivity index (χ0v) is 22.1. The lowest BCUT2D eigenvalue weighted by Crippen LogP contribution is -2.70. The van der Waals surface area contributed by atoms with Crippen LogP contribution >= 0.6 is 22.9 Å². The number of thiazole rings is 1. The predicted molar refractivity (Wildman–Crippen MR) is 137 cm³/mol. The third-order valence-corrected chi connectivity index (χ3v) is 6.20. The van der Waals surface area contributed by atoms with Gasteiger partial charge in [-0.2, -0.15) is 0 Å². The minimum absolute atomic E-state index is 0.0438. The van der Waals surface area contributed by atoms with Crippen LogP contribution in [0.3, 0.4) is 0 Å². The quantitative estimate of drug-likeness (QED) is 0.0677. The van der Waals surface area contributed by atoms with Crippen LogP contribution in [0.25, 0.3) is 0 Å². The average Bonchev–Trinajstić information content (AvgIpc) is 3.36. The Kier molecular flexibility index (Phi) is 9.50. The number of hydrogen-bond donors (Lipinski definition) is 4. The number of esters is 1. The molecule has 0 spiro atoms. The van der Waals surface area contributed by atoms with E-state index in [1.165, 1.54) is 43.5 Å². The molecule has 1 aromatic carbocycles. The van der Waals surface area contributed by atoms with Gasteiger partial charge >= 0.3 is 5.97 Å². The van der Waals surface area contributed by atoms with Crippen LogP contribution in [0.2, 0.25) is 0 Å². The predicted octanol–water partition coefficient (Wildman–Crippen LogP) is 0.447. The average molecular weight is 583 g/mol. The highest BCUT2D eigenvalue weighted by Crippen LogP contribution is 2.20. The van der Waals surface area contributed by atoms with Crippen molar-refractivity contribution in [2.75, 3.05) is 17.8 Å². The van der Waals surface area contributed by atoms with Gasteiger partial charge in [0.15, 0.2) is 10.8 Å². The van der Waals surface area contributed by atoms with Gasteiger partial charge in [0.05, 0.1) is 17.6 Å². The topological polar surface area (TPSA) is 211 Å². The van der Waals surface area contributed by atoms with E-state index < -0.39 is 58.6 Å². The number of benzene rings is 1. The normalized spacial score (nSPS) is 16.9. The van der Waals surface area contributed by atoms with E-state index in [9.17, 15) is 34.4 Å². The summed E-state index contributed by atoms with van der Waals surface area (Å²) in [5.41, 5.74) is -1.81. The first kappa shape index (κ1) is 29.4. The summed E-state index contributed by atoms with van der Waals surface area (Å²) in [5.74, 6) is -3.15. The maximum atomic E-state index is 13.0. The Balaban J connectivity index is 1.75. The Morgan fingerprint density at radius 3 is 2.59 bits per heavy atom. The first-order chi connectivity index (χ1) is 18.4. The van der Waals surface area contributed by atoms with E-state index in [1.807, 2.05) is 0 Å². The molecule has 17 heteroatoms.